The van der Waals surface area contributed by atoms with E-state index < -0.39 is 0 Å². The Morgan fingerprint density at radius 2 is 2.11 bits per heavy atom. The van der Waals surface area contributed by atoms with Crippen molar-refractivity contribution in [3.8, 4) is 11.5 Å². The number of carbonyl (C=O) groups excluding carboxylic acids is 1. The smallest absolute Gasteiger partial charge is 0.224 e. The maximum atomic E-state index is 11.7. The summed E-state index contributed by atoms with van der Waals surface area (Å²) in [7, 11) is 3.15. The first-order valence-electron chi connectivity index (χ1n) is 5.91. The van der Waals surface area contributed by atoms with E-state index in [9.17, 15) is 4.79 Å². The maximum Gasteiger partial charge on any atom is 0.224 e. The Kier molecular flexibility index (Phi) is 6.11. The average Bonchev–Trinajstić information content (AvgIpc) is 2.42. The van der Waals surface area contributed by atoms with Gasteiger partial charge < -0.3 is 20.5 Å². The van der Waals surface area contributed by atoms with Crippen LogP contribution in [-0.2, 0) is 11.3 Å². The van der Waals surface area contributed by atoms with Crippen LogP contribution in [-0.4, -0.2) is 26.7 Å². The van der Waals surface area contributed by atoms with Crippen LogP contribution in [0.1, 0.15) is 12.5 Å². The number of hydrogen-bond acceptors (Lipinski definition) is 4. The first kappa shape index (κ1) is 15.8. The molecule has 0 aliphatic heterocycles. The number of rotatable bonds is 6. The second-order valence-corrected chi connectivity index (χ2v) is 5.02. The molecule has 0 heterocycles. The lowest BCUT2D eigenvalue weighted by Gasteiger charge is -2.13. The summed E-state index contributed by atoms with van der Waals surface area (Å²) in [6, 6.07) is 3.71. The van der Waals surface area contributed by atoms with Crippen molar-refractivity contribution in [2.75, 3.05) is 20.8 Å². The summed E-state index contributed by atoms with van der Waals surface area (Å²) in [4.78, 5) is 11.7. The lowest BCUT2D eigenvalue weighted by atomic mass is 10.1. The molecule has 0 radical (unpaired) electrons. The van der Waals surface area contributed by atoms with E-state index in [-0.39, 0.29) is 11.8 Å². The number of hydrogen-bond donors (Lipinski definition) is 2. The molecule has 1 rings (SSSR count). The molecule has 6 heteroatoms. The van der Waals surface area contributed by atoms with E-state index in [0.717, 1.165) is 10.0 Å². The molecule has 0 aliphatic rings. The van der Waals surface area contributed by atoms with Gasteiger partial charge in [-0.15, -0.1) is 0 Å². The van der Waals surface area contributed by atoms with Crippen LogP contribution in [0.5, 0.6) is 11.5 Å². The third-order valence-electron chi connectivity index (χ3n) is 2.76. The van der Waals surface area contributed by atoms with Gasteiger partial charge in [-0.3, -0.25) is 4.79 Å². The zero-order chi connectivity index (χ0) is 14.4. The highest BCUT2D eigenvalue weighted by Gasteiger charge is 2.13. The molecule has 0 bridgehead atoms. The molecule has 3 N–H and O–H groups in total. The van der Waals surface area contributed by atoms with Crippen LogP contribution >= 0.6 is 15.9 Å². The van der Waals surface area contributed by atoms with Crippen molar-refractivity contribution in [2.24, 2.45) is 11.7 Å². The molecule has 1 amide bonds. The third kappa shape index (κ3) is 4.11. The normalized spacial score (nSPS) is 11.8. The van der Waals surface area contributed by atoms with Gasteiger partial charge >= 0.3 is 0 Å². The first-order valence-corrected chi connectivity index (χ1v) is 6.71. The molecule has 1 aromatic rings. The van der Waals surface area contributed by atoms with Gasteiger partial charge in [0.1, 0.15) is 0 Å². The van der Waals surface area contributed by atoms with E-state index in [1.807, 2.05) is 12.1 Å². The summed E-state index contributed by atoms with van der Waals surface area (Å²) in [5, 5.41) is 2.83. The fourth-order valence-corrected chi connectivity index (χ4v) is 2.20. The van der Waals surface area contributed by atoms with E-state index in [0.29, 0.717) is 24.6 Å². The van der Waals surface area contributed by atoms with Crippen LogP contribution in [0.4, 0.5) is 0 Å². The lowest BCUT2D eigenvalue weighted by molar-refractivity contribution is -0.124. The van der Waals surface area contributed by atoms with Gasteiger partial charge in [0.25, 0.3) is 0 Å². The molecule has 1 atom stereocenters. The number of ether oxygens (including phenoxy) is 2. The number of nitrogens with one attached hydrogen (secondary N) is 1. The Bertz CT molecular complexity index is 452. The van der Waals surface area contributed by atoms with Gasteiger partial charge in [-0.25, -0.2) is 0 Å². The van der Waals surface area contributed by atoms with Gasteiger partial charge in [-0.1, -0.05) is 6.92 Å². The van der Waals surface area contributed by atoms with E-state index in [2.05, 4.69) is 21.2 Å². The van der Waals surface area contributed by atoms with Crippen LogP contribution in [0.2, 0.25) is 0 Å². The number of carbonyl (C=O) groups is 1. The van der Waals surface area contributed by atoms with Crippen LogP contribution < -0.4 is 20.5 Å². The van der Waals surface area contributed by atoms with E-state index in [1.165, 1.54) is 0 Å². The van der Waals surface area contributed by atoms with Crippen LogP contribution in [0, 0.1) is 5.92 Å². The van der Waals surface area contributed by atoms with Gasteiger partial charge in [0.2, 0.25) is 5.91 Å². The van der Waals surface area contributed by atoms with Crippen LogP contribution in [0.3, 0.4) is 0 Å². The third-order valence-corrected chi connectivity index (χ3v) is 3.35. The summed E-state index contributed by atoms with van der Waals surface area (Å²) in [5.41, 5.74) is 6.36. The van der Waals surface area contributed by atoms with E-state index in [1.54, 1.807) is 21.1 Å². The molecule has 5 nitrogen and oxygen atoms in total. The van der Waals surface area contributed by atoms with Gasteiger partial charge in [-0.05, 0) is 33.6 Å². The van der Waals surface area contributed by atoms with Crippen molar-refractivity contribution in [2.45, 2.75) is 13.5 Å². The Hall–Kier alpha value is -1.27. The van der Waals surface area contributed by atoms with Crippen molar-refractivity contribution >= 4 is 21.8 Å². The standard InChI is InChI=1S/C13H19BrN2O3/c1-8(6-15)13(17)16-7-9-4-10(14)12(19-3)11(5-9)18-2/h4-5,8H,6-7,15H2,1-3H3,(H,16,17). The highest BCUT2D eigenvalue weighted by Crippen LogP contribution is 2.36. The summed E-state index contributed by atoms with van der Waals surface area (Å²) in [6.45, 7) is 2.55. The molecule has 1 aromatic carbocycles. The number of methoxy groups -OCH3 is 2. The summed E-state index contributed by atoms with van der Waals surface area (Å²) in [5.74, 6) is 0.998. The minimum atomic E-state index is -0.191. The predicted molar refractivity (Wildman–Crippen MR) is 77.3 cm³/mol. The molecule has 0 saturated carbocycles. The van der Waals surface area contributed by atoms with E-state index in [4.69, 9.17) is 15.2 Å². The minimum absolute atomic E-state index is 0.0617. The van der Waals surface area contributed by atoms with Crippen molar-refractivity contribution in [3.05, 3.63) is 22.2 Å². The van der Waals surface area contributed by atoms with Crippen LogP contribution in [0.25, 0.3) is 0 Å². The minimum Gasteiger partial charge on any atom is -0.493 e. The zero-order valence-corrected chi connectivity index (χ0v) is 12.9. The Morgan fingerprint density at radius 1 is 1.42 bits per heavy atom. The molecule has 1 unspecified atom stereocenters. The van der Waals surface area contributed by atoms with Crippen LogP contribution in [0.15, 0.2) is 16.6 Å². The SMILES string of the molecule is COc1cc(CNC(=O)C(C)CN)cc(Br)c1OC. The lowest BCUT2D eigenvalue weighted by Crippen LogP contribution is -2.32. The molecule has 0 spiro atoms. The first-order chi connectivity index (χ1) is 9.03. The van der Waals surface area contributed by atoms with E-state index >= 15 is 0 Å². The zero-order valence-electron chi connectivity index (χ0n) is 11.3. The largest absolute Gasteiger partial charge is 0.493 e. The fourth-order valence-electron chi connectivity index (χ4n) is 1.54. The van der Waals surface area contributed by atoms with Gasteiger partial charge in [-0.2, -0.15) is 0 Å². The second kappa shape index (κ2) is 7.35. The summed E-state index contributed by atoms with van der Waals surface area (Å²) in [6.07, 6.45) is 0. The highest BCUT2D eigenvalue weighted by molar-refractivity contribution is 9.10. The molecular formula is C13H19BrN2O3. The number of nitrogens with two attached hydrogens (primary N) is 1. The molecular weight excluding hydrogens is 312 g/mol. The maximum absolute atomic E-state index is 11.7. The van der Waals surface area contributed by atoms with Gasteiger partial charge in [0.15, 0.2) is 11.5 Å². The molecule has 19 heavy (non-hydrogen) atoms. The monoisotopic (exact) mass is 330 g/mol. The average molecular weight is 331 g/mol. The Morgan fingerprint density at radius 3 is 2.63 bits per heavy atom. The van der Waals surface area contributed by atoms with Gasteiger partial charge in [0.05, 0.1) is 18.7 Å². The Labute approximate surface area is 121 Å². The van der Waals surface area contributed by atoms with Gasteiger partial charge in [0, 0.05) is 19.0 Å². The fraction of sp³-hybridized carbons (Fsp3) is 0.462. The molecule has 0 saturated heterocycles. The molecule has 0 fully saturated rings. The van der Waals surface area contributed by atoms with Crippen molar-refractivity contribution in [1.29, 1.82) is 0 Å². The summed E-state index contributed by atoms with van der Waals surface area (Å²) < 4.78 is 11.3. The Balaban J connectivity index is 2.80. The van der Waals surface area contributed by atoms with Crippen molar-refractivity contribution in [3.63, 3.8) is 0 Å². The van der Waals surface area contributed by atoms with Crippen molar-refractivity contribution in [1.82, 2.24) is 5.32 Å². The molecule has 106 valence electrons. The summed E-state index contributed by atoms with van der Waals surface area (Å²) >= 11 is 3.41. The second-order valence-electron chi connectivity index (χ2n) is 4.17. The number of halogens is 1. The predicted octanol–water partition coefficient (Wildman–Crippen LogP) is 1.68. The highest BCUT2D eigenvalue weighted by atomic mass is 79.9. The number of amides is 1. The number of benzene rings is 1. The van der Waals surface area contributed by atoms with Crippen molar-refractivity contribution < 1.29 is 14.3 Å². The molecule has 0 aliphatic carbocycles. The molecule has 0 aromatic heterocycles. The topological polar surface area (TPSA) is 73.6 Å². The quantitative estimate of drug-likeness (QED) is 0.832.